The third-order valence-electron chi connectivity index (χ3n) is 5.44. The summed E-state index contributed by atoms with van der Waals surface area (Å²) in [5, 5.41) is 5.24. The molecule has 2 saturated heterocycles. The monoisotopic (exact) mass is 342 g/mol. The van der Waals surface area contributed by atoms with Gasteiger partial charge in [-0.15, -0.1) is 0 Å². The zero-order valence-corrected chi connectivity index (χ0v) is 14.8. The Morgan fingerprint density at radius 1 is 1.38 bits per heavy atom. The molecule has 5 unspecified atom stereocenters. The van der Waals surface area contributed by atoms with E-state index in [9.17, 15) is 9.18 Å². The van der Waals surface area contributed by atoms with Gasteiger partial charge in [-0.25, -0.2) is 9.40 Å². The van der Waals surface area contributed by atoms with Crippen LogP contribution in [0.3, 0.4) is 0 Å². The number of hydroxylamine groups is 1. The molecule has 1 saturated carbocycles. The van der Waals surface area contributed by atoms with Crippen LogP contribution in [0.25, 0.3) is 0 Å². The van der Waals surface area contributed by atoms with Crippen molar-refractivity contribution in [2.24, 2.45) is 11.8 Å². The fourth-order valence-corrected chi connectivity index (χ4v) is 3.94. The highest BCUT2D eigenvalue weighted by molar-refractivity contribution is 5.82. The van der Waals surface area contributed by atoms with Crippen LogP contribution < -0.4 is 16.2 Å². The smallest absolute Gasteiger partial charge is 0.239 e. The van der Waals surface area contributed by atoms with E-state index in [0.717, 1.165) is 38.9 Å². The molecule has 3 aliphatic rings. The molecule has 2 aliphatic heterocycles. The van der Waals surface area contributed by atoms with E-state index in [1.165, 1.54) is 0 Å². The molecule has 3 fully saturated rings. The Hall–Kier alpha value is -0.760. The Kier molecular flexibility index (Phi) is 6.07. The molecule has 1 aliphatic carbocycles. The highest BCUT2D eigenvalue weighted by Crippen LogP contribution is 2.27. The zero-order valence-electron chi connectivity index (χ0n) is 14.8. The molecule has 24 heavy (non-hydrogen) atoms. The molecule has 3 rings (SSSR count). The highest BCUT2D eigenvalue weighted by atomic mass is 19.1. The summed E-state index contributed by atoms with van der Waals surface area (Å²) in [4.78, 5) is 17.8. The minimum atomic E-state index is -0.635. The molecule has 5 atom stereocenters. The van der Waals surface area contributed by atoms with Crippen molar-refractivity contribution in [1.82, 2.24) is 21.2 Å². The molecule has 0 spiro atoms. The second-order valence-electron chi connectivity index (χ2n) is 7.91. The lowest BCUT2D eigenvalue weighted by Crippen LogP contribution is -2.47. The van der Waals surface area contributed by atoms with Crippen molar-refractivity contribution in [3.05, 3.63) is 0 Å². The SMILES string of the molecule is CC(C)C1CC(C(=O)NC2CNN(CC3CCCC(F)C3)C2)NO1. The normalized spacial score (nSPS) is 37.9. The molecule has 1 amide bonds. The molecule has 138 valence electrons. The fraction of sp³-hybridized carbons (Fsp3) is 0.941. The lowest BCUT2D eigenvalue weighted by molar-refractivity contribution is -0.125. The average Bonchev–Trinajstić information content (AvgIpc) is 3.17. The summed E-state index contributed by atoms with van der Waals surface area (Å²) in [7, 11) is 0. The van der Waals surface area contributed by atoms with Gasteiger partial charge in [0.25, 0.3) is 0 Å². The van der Waals surface area contributed by atoms with Crippen molar-refractivity contribution in [3.63, 3.8) is 0 Å². The van der Waals surface area contributed by atoms with Gasteiger partial charge < -0.3 is 5.32 Å². The van der Waals surface area contributed by atoms with Gasteiger partial charge >= 0.3 is 0 Å². The number of rotatable bonds is 5. The number of hydrazine groups is 1. The van der Waals surface area contributed by atoms with Gasteiger partial charge in [0.2, 0.25) is 5.91 Å². The lowest BCUT2D eigenvalue weighted by atomic mass is 9.88. The summed E-state index contributed by atoms with van der Waals surface area (Å²) in [5.41, 5.74) is 6.19. The minimum absolute atomic E-state index is 0.00767. The Balaban J connectivity index is 1.39. The van der Waals surface area contributed by atoms with Gasteiger partial charge in [-0.1, -0.05) is 20.3 Å². The van der Waals surface area contributed by atoms with Gasteiger partial charge in [0.15, 0.2) is 0 Å². The summed E-state index contributed by atoms with van der Waals surface area (Å²) in [6.45, 7) is 6.57. The van der Waals surface area contributed by atoms with E-state index < -0.39 is 6.17 Å². The average molecular weight is 342 g/mol. The van der Waals surface area contributed by atoms with Crippen LogP contribution >= 0.6 is 0 Å². The van der Waals surface area contributed by atoms with Crippen LogP contribution in [0, 0.1) is 11.8 Å². The molecule has 0 aromatic heterocycles. The second kappa shape index (κ2) is 8.08. The molecule has 6 nitrogen and oxygen atoms in total. The molecular formula is C17H31FN4O2. The number of carbonyl (C=O) groups excluding carboxylic acids is 1. The van der Waals surface area contributed by atoms with Crippen molar-refractivity contribution < 1.29 is 14.0 Å². The predicted octanol–water partition coefficient (Wildman–Crippen LogP) is 1.14. The fourth-order valence-electron chi connectivity index (χ4n) is 3.94. The number of halogens is 1. The van der Waals surface area contributed by atoms with Crippen molar-refractivity contribution in [1.29, 1.82) is 0 Å². The number of hydrogen-bond acceptors (Lipinski definition) is 5. The van der Waals surface area contributed by atoms with E-state index in [1.54, 1.807) is 0 Å². The van der Waals surface area contributed by atoms with Gasteiger partial charge in [0.05, 0.1) is 12.1 Å². The van der Waals surface area contributed by atoms with E-state index >= 15 is 0 Å². The molecule has 0 aromatic rings. The van der Waals surface area contributed by atoms with Gasteiger partial charge in [-0.3, -0.25) is 15.1 Å². The third kappa shape index (κ3) is 4.65. The Morgan fingerprint density at radius 2 is 2.21 bits per heavy atom. The maximum atomic E-state index is 13.5. The van der Waals surface area contributed by atoms with E-state index in [1.807, 2.05) is 0 Å². The first-order valence-corrected chi connectivity index (χ1v) is 9.35. The minimum Gasteiger partial charge on any atom is -0.349 e. The van der Waals surface area contributed by atoms with Gasteiger partial charge in [0, 0.05) is 26.1 Å². The quantitative estimate of drug-likeness (QED) is 0.699. The van der Waals surface area contributed by atoms with Crippen molar-refractivity contribution in [2.45, 2.75) is 70.3 Å². The first kappa shape index (κ1) is 18.0. The van der Waals surface area contributed by atoms with Crippen LogP contribution in [0.5, 0.6) is 0 Å². The predicted molar refractivity (Wildman–Crippen MR) is 89.6 cm³/mol. The molecule has 0 aromatic carbocycles. The number of nitrogens with zero attached hydrogens (tertiary/aromatic N) is 1. The lowest BCUT2D eigenvalue weighted by Gasteiger charge is -2.28. The van der Waals surface area contributed by atoms with E-state index in [4.69, 9.17) is 4.84 Å². The summed E-state index contributed by atoms with van der Waals surface area (Å²) in [5.74, 6) is 0.828. The molecule has 3 N–H and O–H groups in total. The summed E-state index contributed by atoms with van der Waals surface area (Å²) >= 11 is 0. The summed E-state index contributed by atoms with van der Waals surface area (Å²) in [6, 6.07) is -0.167. The Labute approximate surface area is 143 Å². The van der Waals surface area contributed by atoms with E-state index in [-0.39, 0.29) is 24.1 Å². The molecule has 0 bridgehead atoms. The van der Waals surface area contributed by atoms with Crippen molar-refractivity contribution >= 4 is 5.91 Å². The van der Waals surface area contributed by atoms with Crippen LogP contribution in [-0.2, 0) is 9.63 Å². The highest BCUT2D eigenvalue weighted by Gasteiger charge is 2.35. The molecule has 2 heterocycles. The van der Waals surface area contributed by atoms with E-state index in [0.29, 0.717) is 24.7 Å². The molecular weight excluding hydrogens is 311 g/mol. The summed E-state index contributed by atoms with van der Waals surface area (Å²) in [6.07, 6.45) is 3.67. The summed E-state index contributed by atoms with van der Waals surface area (Å²) < 4.78 is 13.5. The van der Waals surface area contributed by atoms with E-state index in [2.05, 4.69) is 35.1 Å². The first-order valence-electron chi connectivity index (χ1n) is 9.35. The van der Waals surface area contributed by atoms with Crippen molar-refractivity contribution in [3.8, 4) is 0 Å². The number of carbonyl (C=O) groups is 1. The third-order valence-corrected chi connectivity index (χ3v) is 5.44. The van der Waals surface area contributed by atoms with Crippen LogP contribution in [-0.4, -0.2) is 54.9 Å². The number of hydrogen-bond donors (Lipinski definition) is 3. The van der Waals surface area contributed by atoms with Gasteiger partial charge in [-0.05, 0) is 31.1 Å². The van der Waals surface area contributed by atoms with Crippen molar-refractivity contribution in [2.75, 3.05) is 19.6 Å². The van der Waals surface area contributed by atoms with Crippen LogP contribution in [0.15, 0.2) is 0 Å². The Morgan fingerprint density at radius 3 is 2.92 bits per heavy atom. The number of nitrogens with one attached hydrogen (secondary N) is 3. The largest absolute Gasteiger partial charge is 0.349 e. The maximum absolute atomic E-state index is 13.5. The number of amides is 1. The van der Waals surface area contributed by atoms with Crippen LogP contribution in [0.4, 0.5) is 4.39 Å². The number of alkyl halides is 1. The zero-order chi connectivity index (χ0) is 17.1. The van der Waals surface area contributed by atoms with Gasteiger partial charge in [-0.2, -0.15) is 5.48 Å². The molecule has 0 radical (unpaired) electrons. The molecule has 7 heteroatoms. The van der Waals surface area contributed by atoms with Crippen LogP contribution in [0.1, 0.15) is 46.0 Å². The Bertz CT molecular complexity index is 437. The topological polar surface area (TPSA) is 65.6 Å². The second-order valence-corrected chi connectivity index (χ2v) is 7.91. The van der Waals surface area contributed by atoms with Gasteiger partial charge in [0.1, 0.15) is 12.2 Å². The first-order chi connectivity index (χ1) is 11.5. The van der Waals surface area contributed by atoms with Crippen LogP contribution in [0.2, 0.25) is 0 Å². The standard InChI is InChI=1S/C17H31FN4O2/c1-11(2)16-7-15(21-24-16)17(23)20-14-8-19-22(10-14)9-12-4-3-5-13(18)6-12/h11-16,19,21H,3-10H2,1-2H3,(H,20,23). The maximum Gasteiger partial charge on any atom is 0.239 e.